The zero-order chi connectivity index (χ0) is 14.3. The summed E-state index contributed by atoms with van der Waals surface area (Å²) in [6.45, 7) is 5.39. The number of carboxylic acid groups (broad SMARTS) is 1. The molecule has 0 radical (unpaired) electrons. The van der Waals surface area contributed by atoms with E-state index in [0.29, 0.717) is 25.8 Å². The van der Waals surface area contributed by atoms with Crippen molar-refractivity contribution >= 4 is 12.0 Å². The molecule has 2 amide bonds. The number of aliphatic hydroxyl groups excluding tert-OH is 1. The fourth-order valence-electron chi connectivity index (χ4n) is 1.54. The largest absolute Gasteiger partial charge is 0.480 e. The van der Waals surface area contributed by atoms with Crippen molar-refractivity contribution in [3.05, 3.63) is 0 Å². The highest BCUT2D eigenvalue weighted by Crippen LogP contribution is 2.13. The minimum Gasteiger partial charge on any atom is -0.480 e. The van der Waals surface area contributed by atoms with Gasteiger partial charge in [-0.05, 0) is 26.7 Å². The average molecular weight is 260 g/mol. The summed E-state index contributed by atoms with van der Waals surface area (Å²) < 4.78 is 0. The van der Waals surface area contributed by atoms with E-state index >= 15 is 0 Å². The van der Waals surface area contributed by atoms with Crippen LogP contribution >= 0.6 is 0 Å². The number of urea groups is 1. The lowest BCUT2D eigenvalue weighted by atomic mass is 9.96. The Morgan fingerprint density at radius 1 is 1.44 bits per heavy atom. The van der Waals surface area contributed by atoms with E-state index in [9.17, 15) is 9.59 Å². The molecule has 106 valence electrons. The third-order valence-corrected chi connectivity index (χ3v) is 2.83. The second kappa shape index (κ2) is 7.20. The van der Waals surface area contributed by atoms with Gasteiger partial charge in [-0.25, -0.2) is 9.59 Å². The summed E-state index contributed by atoms with van der Waals surface area (Å²) in [7, 11) is 1.58. The van der Waals surface area contributed by atoms with Crippen molar-refractivity contribution in [2.24, 2.45) is 0 Å². The topological polar surface area (TPSA) is 89.9 Å². The second-order valence-electron chi connectivity index (χ2n) is 4.88. The van der Waals surface area contributed by atoms with Gasteiger partial charge in [0.05, 0.1) is 6.10 Å². The van der Waals surface area contributed by atoms with Crippen molar-refractivity contribution in [3.8, 4) is 0 Å². The summed E-state index contributed by atoms with van der Waals surface area (Å²) >= 11 is 0. The Morgan fingerprint density at radius 2 is 2.00 bits per heavy atom. The normalized spacial score (nSPS) is 15.6. The third kappa shape index (κ3) is 5.35. The first kappa shape index (κ1) is 16.7. The van der Waals surface area contributed by atoms with Gasteiger partial charge in [-0.2, -0.15) is 0 Å². The van der Waals surface area contributed by atoms with Crippen LogP contribution in [0, 0.1) is 0 Å². The van der Waals surface area contributed by atoms with E-state index in [4.69, 9.17) is 10.2 Å². The Hall–Kier alpha value is -1.30. The van der Waals surface area contributed by atoms with Crippen molar-refractivity contribution in [1.82, 2.24) is 10.2 Å². The second-order valence-corrected chi connectivity index (χ2v) is 4.88. The minimum atomic E-state index is -1.25. The lowest BCUT2D eigenvalue weighted by molar-refractivity contribution is -0.144. The molecule has 6 nitrogen and oxygen atoms in total. The van der Waals surface area contributed by atoms with Crippen LogP contribution in [0.2, 0.25) is 0 Å². The van der Waals surface area contributed by atoms with Crippen LogP contribution in [-0.4, -0.2) is 52.3 Å². The first-order valence-corrected chi connectivity index (χ1v) is 6.17. The molecule has 2 unspecified atom stereocenters. The van der Waals surface area contributed by atoms with E-state index in [-0.39, 0.29) is 0 Å². The van der Waals surface area contributed by atoms with Crippen LogP contribution in [0.5, 0.6) is 0 Å². The quantitative estimate of drug-likeness (QED) is 0.638. The molecule has 0 fully saturated rings. The van der Waals surface area contributed by atoms with Crippen molar-refractivity contribution < 1.29 is 19.8 Å². The monoisotopic (exact) mass is 260 g/mol. The van der Waals surface area contributed by atoms with E-state index in [1.807, 2.05) is 6.92 Å². The maximum absolute atomic E-state index is 11.8. The van der Waals surface area contributed by atoms with Gasteiger partial charge in [-0.15, -0.1) is 0 Å². The van der Waals surface area contributed by atoms with E-state index < -0.39 is 23.6 Å². The predicted molar refractivity (Wildman–Crippen MR) is 68.4 cm³/mol. The Bertz CT molecular complexity index is 294. The van der Waals surface area contributed by atoms with Gasteiger partial charge in [-0.3, -0.25) is 0 Å². The molecule has 0 saturated carbocycles. The van der Waals surface area contributed by atoms with Crippen molar-refractivity contribution in [2.75, 3.05) is 13.6 Å². The van der Waals surface area contributed by atoms with Crippen LogP contribution in [0.3, 0.4) is 0 Å². The summed E-state index contributed by atoms with van der Waals surface area (Å²) in [6, 6.07) is -0.436. The molecule has 18 heavy (non-hydrogen) atoms. The summed E-state index contributed by atoms with van der Waals surface area (Å²) in [4.78, 5) is 24.4. The van der Waals surface area contributed by atoms with E-state index in [1.165, 1.54) is 11.8 Å². The maximum atomic E-state index is 11.8. The molecular formula is C12H24N2O4. The Balaban J connectivity index is 4.46. The number of nitrogens with one attached hydrogen (secondary N) is 1. The third-order valence-electron chi connectivity index (χ3n) is 2.83. The molecule has 0 heterocycles. The van der Waals surface area contributed by atoms with Crippen molar-refractivity contribution in [1.29, 1.82) is 0 Å². The Labute approximate surface area is 108 Å². The highest BCUT2D eigenvalue weighted by atomic mass is 16.4. The number of aliphatic hydroxyl groups is 1. The molecule has 0 aromatic carbocycles. The van der Waals surface area contributed by atoms with Crippen LogP contribution in [-0.2, 0) is 4.79 Å². The number of nitrogens with zero attached hydrogens (tertiary/aromatic N) is 1. The van der Waals surface area contributed by atoms with Crippen molar-refractivity contribution in [3.63, 3.8) is 0 Å². The molecule has 0 aromatic rings. The summed E-state index contributed by atoms with van der Waals surface area (Å²) in [5, 5.41) is 20.8. The number of carbonyl (C=O) groups excluding carboxylic acids is 1. The minimum absolute atomic E-state index is 0.373. The van der Waals surface area contributed by atoms with Crippen LogP contribution in [0.15, 0.2) is 0 Å². The average Bonchev–Trinajstić information content (AvgIpc) is 2.25. The SMILES string of the molecule is CCCC(C)(NC(=O)N(C)CCC(C)O)C(=O)O. The molecule has 2 atom stereocenters. The summed E-state index contributed by atoms with van der Waals surface area (Å²) in [5.41, 5.74) is -1.25. The molecule has 0 aromatic heterocycles. The van der Waals surface area contributed by atoms with E-state index in [1.54, 1.807) is 14.0 Å². The number of carboxylic acids is 1. The summed E-state index contributed by atoms with van der Waals surface area (Å²) in [6.07, 6.45) is 1.02. The van der Waals surface area contributed by atoms with Gasteiger partial charge in [0.15, 0.2) is 0 Å². The lowest BCUT2D eigenvalue weighted by Crippen LogP contribution is -2.55. The fourth-order valence-corrected chi connectivity index (χ4v) is 1.54. The van der Waals surface area contributed by atoms with Crippen molar-refractivity contribution in [2.45, 2.75) is 51.7 Å². The summed E-state index contributed by atoms with van der Waals surface area (Å²) in [5.74, 6) is -1.04. The fraction of sp³-hybridized carbons (Fsp3) is 0.833. The molecule has 3 N–H and O–H groups in total. The van der Waals surface area contributed by atoms with Crippen LogP contribution in [0.25, 0.3) is 0 Å². The van der Waals surface area contributed by atoms with Gasteiger partial charge >= 0.3 is 12.0 Å². The Morgan fingerprint density at radius 3 is 2.39 bits per heavy atom. The zero-order valence-electron chi connectivity index (χ0n) is 11.6. The molecule has 6 heteroatoms. The molecule has 0 spiro atoms. The molecule has 0 rings (SSSR count). The molecule has 0 aliphatic heterocycles. The van der Waals surface area contributed by atoms with Gasteiger partial charge in [-0.1, -0.05) is 13.3 Å². The van der Waals surface area contributed by atoms with E-state index in [2.05, 4.69) is 5.32 Å². The maximum Gasteiger partial charge on any atom is 0.329 e. The number of hydrogen-bond acceptors (Lipinski definition) is 3. The lowest BCUT2D eigenvalue weighted by Gasteiger charge is -2.29. The van der Waals surface area contributed by atoms with Gasteiger partial charge in [0.1, 0.15) is 5.54 Å². The van der Waals surface area contributed by atoms with Crippen LogP contribution in [0.1, 0.15) is 40.0 Å². The van der Waals surface area contributed by atoms with Crippen LogP contribution < -0.4 is 5.32 Å². The number of amides is 2. The predicted octanol–water partition coefficient (Wildman–Crippen LogP) is 1.04. The standard InChI is InChI=1S/C12H24N2O4/c1-5-7-12(3,10(16)17)13-11(18)14(4)8-6-9(2)15/h9,15H,5-8H2,1-4H3,(H,13,18)(H,16,17). The molecule has 0 bridgehead atoms. The number of carbonyl (C=O) groups is 2. The number of hydrogen-bond donors (Lipinski definition) is 3. The van der Waals surface area contributed by atoms with Gasteiger partial charge in [0.2, 0.25) is 0 Å². The highest BCUT2D eigenvalue weighted by Gasteiger charge is 2.34. The van der Waals surface area contributed by atoms with Gasteiger partial charge < -0.3 is 20.4 Å². The van der Waals surface area contributed by atoms with Gasteiger partial charge in [0, 0.05) is 13.6 Å². The molecular weight excluding hydrogens is 236 g/mol. The molecule has 0 aliphatic carbocycles. The first-order chi connectivity index (χ1) is 8.23. The zero-order valence-corrected chi connectivity index (χ0v) is 11.6. The number of aliphatic carboxylic acids is 1. The molecule has 0 aliphatic rings. The number of rotatable bonds is 7. The smallest absolute Gasteiger partial charge is 0.329 e. The Kier molecular flexibility index (Phi) is 6.68. The van der Waals surface area contributed by atoms with Crippen LogP contribution in [0.4, 0.5) is 4.79 Å². The molecule has 0 saturated heterocycles. The van der Waals surface area contributed by atoms with Gasteiger partial charge in [0.25, 0.3) is 0 Å². The van der Waals surface area contributed by atoms with E-state index in [0.717, 1.165) is 0 Å². The highest BCUT2D eigenvalue weighted by molar-refractivity contribution is 5.85. The first-order valence-electron chi connectivity index (χ1n) is 6.17.